The Morgan fingerprint density at radius 3 is 2.59 bits per heavy atom. The minimum Gasteiger partial charge on any atom is -0.496 e. The lowest BCUT2D eigenvalue weighted by Crippen LogP contribution is -2.37. The number of carbonyl (C=O) groups is 1. The van der Waals surface area contributed by atoms with Gasteiger partial charge < -0.3 is 9.15 Å². The molecule has 0 unspecified atom stereocenters. The number of oxazole rings is 1. The zero-order valence-corrected chi connectivity index (χ0v) is 19.3. The molecule has 1 aliphatic rings. The monoisotopic (exact) mass is 478 g/mol. The highest BCUT2D eigenvalue weighted by atomic mass is 35.5. The number of hydrogen-bond donors (Lipinski definition) is 0. The molecule has 3 aromatic rings. The molecular formula is C22H23ClN2O6S. The summed E-state index contributed by atoms with van der Waals surface area (Å²) in [5, 5.41) is 0.362. The van der Waals surface area contributed by atoms with Crippen molar-refractivity contribution in [1.29, 1.82) is 0 Å². The van der Waals surface area contributed by atoms with Gasteiger partial charge in [0.15, 0.2) is 11.4 Å². The van der Waals surface area contributed by atoms with Crippen molar-refractivity contribution in [2.45, 2.75) is 31.2 Å². The van der Waals surface area contributed by atoms with E-state index in [2.05, 4.69) is 6.92 Å². The van der Waals surface area contributed by atoms with Crippen LogP contribution in [0.25, 0.3) is 11.1 Å². The van der Waals surface area contributed by atoms with Gasteiger partial charge in [-0.1, -0.05) is 18.5 Å². The van der Waals surface area contributed by atoms with Gasteiger partial charge in [-0.3, -0.25) is 9.36 Å². The summed E-state index contributed by atoms with van der Waals surface area (Å²) in [6.45, 7) is 2.72. The number of Topliss-reactive ketones (excluding diaryl/α,β-unsaturated/α-hetero) is 1. The fourth-order valence-electron chi connectivity index (χ4n) is 3.86. The highest BCUT2D eigenvalue weighted by Gasteiger charge is 2.29. The zero-order chi connectivity index (χ0) is 23.0. The number of nitrogens with zero attached hydrogens (tertiary/aromatic N) is 2. The number of aromatic nitrogens is 1. The quantitative estimate of drug-likeness (QED) is 0.502. The molecule has 0 atom stereocenters. The molecule has 170 valence electrons. The van der Waals surface area contributed by atoms with Crippen LogP contribution in [-0.2, 0) is 16.6 Å². The third-order valence-corrected chi connectivity index (χ3v) is 7.91. The van der Waals surface area contributed by atoms with Crippen LogP contribution in [0.1, 0.15) is 30.1 Å². The maximum Gasteiger partial charge on any atom is 0.420 e. The summed E-state index contributed by atoms with van der Waals surface area (Å²) in [7, 11) is -2.26. The van der Waals surface area contributed by atoms with Gasteiger partial charge in [-0.25, -0.2) is 13.2 Å². The fourth-order valence-corrected chi connectivity index (χ4v) is 5.52. The number of hydrogen-bond acceptors (Lipinski definition) is 6. The van der Waals surface area contributed by atoms with E-state index in [1.807, 2.05) is 0 Å². The Hall–Kier alpha value is -2.62. The topological polar surface area (TPSA) is 98.8 Å². The van der Waals surface area contributed by atoms with Crippen molar-refractivity contribution in [3.63, 3.8) is 0 Å². The summed E-state index contributed by atoms with van der Waals surface area (Å²) in [6.07, 6.45) is 1.62. The van der Waals surface area contributed by atoms with E-state index >= 15 is 0 Å². The number of sulfonamides is 1. The van der Waals surface area contributed by atoms with Gasteiger partial charge in [-0.05, 0) is 49.1 Å². The second-order valence-electron chi connectivity index (χ2n) is 7.94. The van der Waals surface area contributed by atoms with Crippen molar-refractivity contribution in [3.8, 4) is 5.75 Å². The molecule has 0 saturated carbocycles. The Morgan fingerprint density at radius 2 is 1.91 bits per heavy atom. The molecule has 1 aromatic heterocycles. The predicted octanol–water partition coefficient (Wildman–Crippen LogP) is 3.56. The van der Waals surface area contributed by atoms with Crippen LogP contribution < -0.4 is 10.5 Å². The summed E-state index contributed by atoms with van der Waals surface area (Å²) in [5.74, 6) is -0.319. The van der Waals surface area contributed by atoms with Crippen molar-refractivity contribution in [2.24, 2.45) is 5.92 Å². The number of ketones is 1. The predicted molar refractivity (Wildman–Crippen MR) is 120 cm³/mol. The number of rotatable bonds is 6. The molecule has 10 heteroatoms. The summed E-state index contributed by atoms with van der Waals surface area (Å²) in [4.78, 5) is 25.4. The van der Waals surface area contributed by atoms with Gasteiger partial charge in [0.1, 0.15) is 5.75 Å². The van der Waals surface area contributed by atoms with Gasteiger partial charge in [-0.2, -0.15) is 4.31 Å². The molecule has 1 saturated heterocycles. The molecule has 0 radical (unpaired) electrons. The summed E-state index contributed by atoms with van der Waals surface area (Å²) in [5.41, 5.74) is 0.669. The summed E-state index contributed by atoms with van der Waals surface area (Å²) >= 11 is 6.00. The highest BCUT2D eigenvalue weighted by molar-refractivity contribution is 7.89. The SMILES string of the molecule is COc1ccc(Cl)cc1C(=O)Cn1c(=O)oc2cc(S(=O)(=O)N3CCC(C)CC3)ccc21. The number of carbonyl (C=O) groups excluding carboxylic acids is 1. The minimum absolute atomic E-state index is 0.0586. The van der Waals surface area contributed by atoms with Gasteiger partial charge in [0.05, 0.1) is 29.6 Å². The normalized spacial score (nSPS) is 15.8. The average Bonchev–Trinajstić information content (AvgIpc) is 3.08. The lowest BCUT2D eigenvalue weighted by Gasteiger charge is -2.29. The number of ether oxygens (including phenoxy) is 1. The first-order valence-corrected chi connectivity index (χ1v) is 12.0. The van der Waals surface area contributed by atoms with Crippen LogP contribution in [0, 0.1) is 5.92 Å². The maximum atomic E-state index is 13.0. The highest BCUT2D eigenvalue weighted by Crippen LogP contribution is 2.27. The molecule has 1 aliphatic heterocycles. The molecule has 8 nitrogen and oxygen atoms in total. The molecular weight excluding hydrogens is 456 g/mol. The first-order chi connectivity index (χ1) is 15.2. The van der Waals surface area contributed by atoms with Crippen LogP contribution in [0.3, 0.4) is 0 Å². The number of benzene rings is 2. The Bertz CT molecular complexity index is 1340. The van der Waals surface area contributed by atoms with E-state index in [1.165, 1.54) is 35.7 Å². The number of halogens is 1. The van der Waals surface area contributed by atoms with Crippen LogP contribution in [0.15, 0.2) is 50.5 Å². The smallest absolute Gasteiger partial charge is 0.420 e. The molecule has 1 fully saturated rings. The van der Waals surface area contributed by atoms with Gasteiger partial charge in [0, 0.05) is 24.2 Å². The van der Waals surface area contributed by atoms with Gasteiger partial charge >= 0.3 is 5.76 Å². The average molecular weight is 479 g/mol. The third kappa shape index (κ3) is 4.20. The lowest BCUT2D eigenvalue weighted by molar-refractivity contribution is 0.0967. The number of methoxy groups -OCH3 is 1. The van der Waals surface area contributed by atoms with Crippen molar-refractivity contribution < 1.29 is 22.4 Å². The van der Waals surface area contributed by atoms with Gasteiger partial charge in [0.2, 0.25) is 10.0 Å². The van der Waals surface area contributed by atoms with Crippen LogP contribution in [0.5, 0.6) is 5.75 Å². The molecule has 0 N–H and O–H groups in total. The van der Waals surface area contributed by atoms with Gasteiger partial charge in [-0.15, -0.1) is 0 Å². The third-order valence-electron chi connectivity index (χ3n) is 5.78. The molecule has 0 amide bonds. The van der Waals surface area contributed by atoms with Crippen LogP contribution >= 0.6 is 11.6 Å². The molecule has 0 aliphatic carbocycles. The van der Waals surface area contributed by atoms with E-state index in [9.17, 15) is 18.0 Å². The Labute approximate surface area is 190 Å². The lowest BCUT2D eigenvalue weighted by atomic mass is 10.0. The Morgan fingerprint density at radius 1 is 1.19 bits per heavy atom. The first-order valence-electron chi connectivity index (χ1n) is 10.2. The van der Waals surface area contributed by atoms with Crippen LogP contribution in [0.4, 0.5) is 0 Å². The minimum atomic E-state index is -3.70. The van der Waals surface area contributed by atoms with E-state index in [0.717, 1.165) is 17.4 Å². The van der Waals surface area contributed by atoms with Crippen molar-refractivity contribution >= 4 is 38.5 Å². The largest absolute Gasteiger partial charge is 0.496 e. The molecule has 0 spiro atoms. The second kappa shape index (κ2) is 8.73. The van der Waals surface area contributed by atoms with Crippen molar-refractivity contribution in [3.05, 3.63) is 57.5 Å². The second-order valence-corrected chi connectivity index (χ2v) is 10.3. The fraction of sp³-hybridized carbons (Fsp3) is 0.364. The Balaban J connectivity index is 1.66. The van der Waals surface area contributed by atoms with Crippen molar-refractivity contribution in [2.75, 3.05) is 20.2 Å². The number of piperidine rings is 1. The van der Waals surface area contributed by atoms with Crippen molar-refractivity contribution in [1.82, 2.24) is 8.87 Å². The van der Waals surface area contributed by atoms with E-state index < -0.39 is 21.6 Å². The molecule has 0 bridgehead atoms. The molecule has 4 rings (SSSR count). The van der Waals surface area contributed by atoms with Gasteiger partial charge in [0.25, 0.3) is 0 Å². The molecule has 2 heterocycles. The standard InChI is InChI=1S/C22H23ClN2O6S/c1-14-7-9-24(10-8-14)32(28,29)16-4-5-18-21(12-16)31-22(27)25(18)13-19(26)17-11-15(23)3-6-20(17)30-2/h3-6,11-12,14H,7-10,13H2,1-2H3. The maximum absolute atomic E-state index is 13.0. The summed E-state index contributed by atoms with van der Waals surface area (Å²) < 4.78 is 39.1. The Kier molecular flexibility index (Phi) is 6.15. The summed E-state index contributed by atoms with van der Waals surface area (Å²) in [6, 6.07) is 8.91. The van der Waals surface area contributed by atoms with Crippen LogP contribution in [-0.4, -0.2) is 43.3 Å². The van der Waals surface area contributed by atoms with E-state index in [4.69, 9.17) is 20.8 Å². The number of fused-ring (bicyclic) bond motifs is 1. The zero-order valence-electron chi connectivity index (χ0n) is 17.7. The van der Waals surface area contributed by atoms with E-state index in [-0.39, 0.29) is 22.6 Å². The van der Waals surface area contributed by atoms with Crippen LogP contribution in [0.2, 0.25) is 5.02 Å². The first kappa shape index (κ1) is 22.6. The molecule has 32 heavy (non-hydrogen) atoms. The molecule has 2 aromatic carbocycles. The van der Waals surface area contributed by atoms with E-state index in [0.29, 0.717) is 35.3 Å². The van der Waals surface area contributed by atoms with E-state index in [1.54, 1.807) is 12.1 Å².